The largest absolute Gasteiger partial charge is 0.496 e. The molecule has 0 aliphatic rings. The lowest BCUT2D eigenvalue weighted by Gasteiger charge is -2.16. The van der Waals surface area contributed by atoms with Crippen molar-refractivity contribution < 1.29 is 14.2 Å². The minimum absolute atomic E-state index is 0.524. The number of aryl methyl sites for hydroxylation is 1. The number of methoxy groups -OCH3 is 2. The third-order valence-electron chi connectivity index (χ3n) is 4.12. The lowest BCUT2D eigenvalue weighted by Crippen LogP contribution is -2.30. The molecule has 7 nitrogen and oxygen atoms in total. The highest BCUT2D eigenvalue weighted by molar-refractivity contribution is 5.93. The van der Waals surface area contributed by atoms with Crippen LogP contribution in [0.1, 0.15) is 23.7 Å². The molecule has 0 bridgehead atoms. The number of aliphatic imine (C=N–C) groups is 1. The Balaban J connectivity index is 2.10. The van der Waals surface area contributed by atoms with Gasteiger partial charge in [0.2, 0.25) is 0 Å². The van der Waals surface area contributed by atoms with Crippen LogP contribution in [0.4, 0.5) is 5.69 Å². The molecule has 146 valence electrons. The second-order valence-electron chi connectivity index (χ2n) is 5.90. The van der Waals surface area contributed by atoms with Crippen molar-refractivity contribution in [3.8, 4) is 17.2 Å². The highest BCUT2D eigenvalue weighted by Crippen LogP contribution is 2.30. The molecule has 0 saturated carbocycles. The van der Waals surface area contributed by atoms with Crippen LogP contribution in [0.25, 0.3) is 0 Å². The van der Waals surface area contributed by atoms with Crippen LogP contribution in [-0.2, 0) is 6.54 Å². The van der Waals surface area contributed by atoms with Crippen molar-refractivity contribution in [1.29, 1.82) is 0 Å². The first-order chi connectivity index (χ1) is 13.0. The van der Waals surface area contributed by atoms with E-state index in [4.69, 9.17) is 14.2 Å². The summed E-state index contributed by atoms with van der Waals surface area (Å²) in [6, 6.07) is 5.65. The van der Waals surface area contributed by atoms with Crippen LogP contribution in [0, 0.1) is 13.8 Å². The summed E-state index contributed by atoms with van der Waals surface area (Å²) in [6.45, 7) is 7.01. The zero-order chi connectivity index (χ0) is 19.8. The van der Waals surface area contributed by atoms with Crippen LogP contribution < -0.4 is 24.8 Å². The van der Waals surface area contributed by atoms with Crippen LogP contribution >= 0.6 is 0 Å². The lowest BCUT2D eigenvalue weighted by atomic mass is 10.1. The molecule has 0 saturated heterocycles. The van der Waals surface area contributed by atoms with E-state index in [-0.39, 0.29) is 0 Å². The van der Waals surface area contributed by atoms with E-state index < -0.39 is 0 Å². The molecule has 2 rings (SSSR count). The van der Waals surface area contributed by atoms with Crippen LogP contribution in [0.15, 0.2) is 29.4 Å². The van der Waals surface area contributed by atoms with E-state index in [1.54, 1.807) is 21.3 Å². The van der Waals surface area contributed by atoms with Gasteiger partial charge in [0.05, 0.1) is 33.1 Å². The number of nitrogens with zero attached hydrogens (tertiary/aromatic N) is 2. The summed E-state index contributed by atoms with van der Waals surface area (Å²) in [5.74, 6) is 2.86. The van der Waals surface area contributed by atoms with Gasteiger partial charge in [0.25, 0.3) is 0 Å². The zero-order valence-corrected chi connectivity index (χ0v) is 16.8. The Hall–Kier alpha value is -2.96. The van der Waals surface area contributed by atoms with Gasteiger partial charge < -0.3 is 24.8 Å². The van der Waals surface area contributed by atoms with E-state index in [0.717, 1.165) is 28.3 Å². The lowest BCUT2D eigenvalue weighted by molar-refractivity contribution is 0.311. The molecule has 0 radical (unpaired) electrons. The van der Waals surface area contributed by atoms with Crippen molar-refractivity contribution in [3.63, 3.8) is 0 Å². The van der Waals surface area contributed by atoms with Gasteiger partial charge in [-0.25, -0.2) is 0 Å². The Bertz CT molecular complexity index is 806. The predicted molar refractivity (Wildman–Crippen MR) is 108 cm³/mol. The average Bonchev–Trinajstić information content (AvgIpc) is 2.67. The summed E-state index contributed by atoms with van der Waals surface area (Å²) in [7, 11) is 5.02. The van der Waals surface area contributed by atoms with Crippen molar-refractivity contribution in [3.05, 3.63) is 41.2 Å². The van der Waals surface area contributed by atoms with E-state index >= 15 is 0 Å². The van der Waals surface area contributed by atoms with E-state index in [2.05, 4.69) is 20.6 Å². The molecule has 7 heteroatoms. The van der Waals surface area contributed by atoms with E-state index in [9.17, 15) is 0 Å². The summed E-state index contributed by atoms with van der Waals surface area (Å²) < 4.78 is 16.4. The Morgan fingerprint density at radius 3 is 2.56 bits per heavy atom. The van der Waals surface area contributed by atoms with E-state index in [1.165, 1.54) is 0 Å². The van der Waals surface area contributed by atoms with Crippen LogP contribution in [-0.4, -0.2) is 38.8 Å². The first kappa shape index (κ1) is 20.4. The Kier molecular flexibility index (Phi) is 7.28. The van der Waals surface area contributed by atoms with Crippen LogP contribution in [0.3, 0.4) is 0 Å². The van der Waals surface area contributed by atoms with Gasteiger partial charge >= 0.3 is 0 Å². The number of hydrogen-bond donors (Lipinski definition) is 2. The van der Waals surface area contributed by atoms with Crippen molar-refractivity contribution in [2.75, 3.05) is 33.2 Å². The second kappa shape index (κ2) is 9.66. The maximum absolute atomic E-state index is 5.62. The molecule has 1 aromatic carbocycles. The van der Waals surface area contributed by atoms with Crippen LogP contribution in [0.5, 0.6) is 17.2 Å². The van der Waals surface area contributed by atoms with Gasteiger partial charge in [0.1, 0.15) is 5.75 Å². The minimum Gasteiger partial charge on any atom is -0.496 e. The first-order valence-corrected chi connectivity index (χ1v) is 8.81. The summed E-state index contributed by atoms with van der Waals surface area (Å²) in [5, 5.41) is 6.53. The molecule has 0 spiro atoms. The monoisotopic (exact) mass is 372 g/mol. The number of anilines is 1. The van der Waals surface area contributed by atoms with Gasteiger partial charge in [-0.15, -0.1) is 0 Å². The molecule has 0 aliphatic carbocycles. The SMILES string of the molecule is CCOc1cc(NC(=NC)NCc2ncc(C)c(OC)c2C)ccc1OC. The smallest absolute Gasteiger partial charge is 0.195 e. The molecule has 0 amide bonds. The molecule has 2 aromatic rings. The van der Waals surface area contributed by atoms with E-state index in [1.807, 2.05) is 45.2 Å². The molecule has 0 atom stereocenters. The Morgan fingerprint density at radius 1 is 1.15 bits per heavy atom. The quantitative estimate of drug-likeness (QED) is 0.574. The topological polar surface area (TPSA) is 77.0 Å². The number of guanidine groups is 1. The van der Waals surface area contributed by atoms with Gasteiger partial charge in [0.15, 0.2) is 17.5 Å². The third kappa shape index (κ3) is 5.03. The number of rotatable bonds is 7. The molecule has 0 aliphatic heterocycles. The number of ether oxygens (including phenoxy) is 3. The molecule has 0 fully saturated rings. The Morgan fingerprint density at radius 2 is 1.93 bits per heavy atom. The summed E-state index contributed by atoms with van der Waals surface area (Å²) in [6.07, 6.45) is 1.82. The highest BCUT2D eigenvalue weighted by Gasteiger charge is 2.11. The number of aromatic nitrogens is 1. The van der Waals surface area contributed by atoms with Gasteiger partial charge in [-0.2, -0.15) is 0 Å². The van der Waals surface area contributed by atoms with Crippen molar-refractivity contribution in [1.82, 2.24) is 10.3 Å². The Labute approximate surface area is 160 Å². The zero-order valence-electron chi connectivity index (χ0n) is 16.8. The van der Waals surface area contributed by atoms with Gasteiger partial charge in [0, 0.05) is 36.1 Å². The maximum Gasteiger partial charge on any atom is 0.195 e. The van der Waals surface area contributed by atoms with Crippen LogP contribution in [0.2, 0.25) is 0 Å². The minimum atomic E-state index is 0.524. The summed E-state index contributed by atoms with van der Waals surface area (Å²) >= 11 is 0. The number of nitrogens with one attached hydrogen (secondary N) is 2. The molecule has 1 aromatic heterocycles. The van der Waals surface area contributed by atoms with Gasteiger partial charge in [-0.05, 0) is 32.9 Å². The molecular weight excluding hydrogens is 344 g/mol. The average molecular weight is 372 g/mol. The van der Waals surface area contributed by atoms with Crippen molar-refractivity contribution >= 4 is 11.6 Å². The molecule has 27 heavy (non-hydrogen) atoms. The molecular formula is C20H28N4O3. The molecule has 2 N–H and O–H groups in total. The summed E-state index contributed by atoms with van der Waals surface area (Å²) in [5.41, 5.74) is 3.79. The number of pyridine rings is 1. The predicted octanol–water partition coefficient (Wildman–Crippen LogP) is 3.30. The van der Waals surface area contributed by atoms with Crippen molar-refractivity contribution in [2.24, 2.45) is 4.99 Å². The van der Waals surface area contributed by atoms with E-state index in [0.29, 0.717) is 30.6 Å². The number of hydrogen-bond acceptors (Lipinski definition) is 5. The highest BCUT2D eigenvalue weighted by atomic mass is 16.5. The third-order valence-corrected chi connectivity index (χ3v) is 4.12. The van der Waals surface area contributed by atoms with Gasteiger partial charge in [-0.1, -0.05) is 0 Å². The number of benzene rings is 1. The normalized spacial score (nSPS) is 11.1. The fraction of sp³-hybridized carbons (Fsp3) is 0.400. The summed E-state index contributed by atoms with van der Waals surface area (Å²) in [4.78, 5) is 8.77. The second-order valence-corrected chi connectivity index (χ2v) is 5.90. The molecule has 0 unspecified atom stereocenters. The molecule has 1 heterocycles. The maximum atomic E-state index is 5.62. The first-order valence-electron chi connectivity index (χ1n) is 8.81. The van der Waals surface area contributed by atoms with Gasteiger partial charge in [-0.3, -0.25) is 9.98 Å². The standard InChI is InChI=1S/C20H28N4O3/c1-7-27-18-10-15(8-9-17(18)25-5)24-20(21-4)23-12-16-14(3)19(26-6)13(2)11-22-16/h8-11H,7,12H2,1-6H3,(H2,21,23,24). The van der Waals surface area contributed by atoms with Crippen molar-refractivity contribution in [2.45, 2.75) is 27.3 Å². The fourth-order valence-corrected chi connectivity index (χ4v) is 2.76. The fourth-order valence-electron chi connectivity index (χ4n) is 2.76.